The molecule has 0 spiro atoms. The van der Waals surface area contributed by atoms with Gasteiger partial charge in [-0.1, -0.05) is 6.07 Å². The number of benzene rings is 1. The number of carboxylic acids is 1. The number of carbonyl (C=O) groups is 1. The lowest BCUT2D eigenvalue weighted by atomic mass is 10.1. The van der Waals surface area contributed by atoms with Crippen LogP contribution in [0.4, 0.5) is 0 Å². The molecule has 1 aromatic heterocycles. The minimum atomic E-state index is -1.01. The molecule has 1 heterocycles. The average Bonchev–Trinajstić information content (AvgIpc) is 2.62. The number of aliphatic carboxylic acids is 1. The monoisotopic (exact) mass is 190 g/mol. The lowest BCUT2D eigenvalue weighted by molar-refractivity contribution is -0.138. The average molecular weight is 190 g/mol. The summed E-state index contributed by atoms with van der Waals surface area (Å²) in [5.74, 6) is -1.01. The van der Waals surface area contributed by atoms with Gasteiger partial charge in [-0.15, -0.1) is 0 Å². The first-order valence-electron chi connectivity index (χ1n) is 4.24. The van der Waals surface area contributed by atoms with Gasteiger partial charge in [0.05, 0.1) is 0 Å². The number of hydrogen-bond donors (Lipinski definition) is 3. The van der Waals surface area contributed by atoms with E-state index in [9.17, 15) is 4.79 Å². The Bertz CT molecular complexity index is 476. The van der Waals surface area contributed by atoms with E-state index in [-0.39, 0.29) is 0 Å². The third-order valence-electron chi connectivity index (χ3n) is 2.20. The summed E-state index contributed by atoms with van der Waals surface area (Å²) in [6.07, 6.45) is 1.81. The Morgan fingerprint density at radius 3 is 2.93 bits per heavy atom. The zero-order valence-electron chi connectivity index (χ0n) is 7.40. The molecule has 72 valence electrons. The maximum absolute atomic E-state index is 10.6. The fourth-order valence-electron chi connectivity index (χ4n) is 1.41. The largest absolute Gasteiger partial charge is 0.480 e. The van der Waals surface area contributed by atoms with Crippen LogP contribution >= 0.6 is 0 Å². The highest BCUT2D eigenvalue weighted by Crippen LogP contribution is 2.18. The number of aromatic nitrogens is 1. The first-order chi connectivity index (χ1) is 6.68. The van der Waals surface area contributed by atoms with E-state index in [0.29, 0.717) is 5.56 Å². The van der Waals surface area contributed by atoms with E-state index in [2.05, 4.69) is 4.98 Å². The summed E-state index contributed by atoms with van der Waals surface area (Å²) in [5, 5.41) is 9.70. The summed E-state index contributed by atoms with van der Waals surface area (Å²) in [7, 11) is 0. The standard InChI is InChI=1S/C10H10N2O2/c11-9(10(13)14)7-1-2-8-6(5-7)3-4-12-8/h1-5,9,12H,11H2,(H,13,14). The van der Waals surface area contributed by atoms with Crippen molar-refractivity contribution in [2.45, 2.75) is 6.04 Å². The minimum Gasteiger partial charge on any atom is -0.480 e. The number of hydrogen-bond acceptors (Lipinski definition) is 2. The number of aromatic amines is 1. The minimum absolute atomic E-state index is 0.615. The molecule has 4 nitrogen and oxygen atoms in total. The SMILES string of the molecule is NC(C(=O)O)c1ccc2[nH]ccc2c1. The molecule has 0 saturated carbocycles. The smallest absolute Gasteiger partial charge is 0.325 e. The molecule has 2 rings (SSSR count). The molecule has 1 unspecified atom stereocenters. The van der Waals surface area contributed by atoms with E-state index in [1.54, 1.807) is 18.3 Å². The Morgan fingerprint density at radius 2 is 2.21 bits per heavy atom. The van der Waals surface area contributed by atoms with Gasteiger partial charge in [0.25, 0.3) is 0 Å². The fourth-order valence-corrected chi connectivity index (χ4v) is 1.41. The van der Waals surface area contributed by atoms with Crippen LogP contribution in [-0.2, 0) is 4.79 Å². The van der Waals surface area contributed by atoms with Crippen LogP contribution in [0.15, 0.2) is 30.5 Å². The molecular formula is C10H10N2O2. The second-order valence-electron chi connectivity index (χ2n) is 3.14. The third-order valence-corrected chi connectivity index (χ3v) is 2.20. The van der Waals surface area contributed by atoms with Crippen LogP contribution in [0.5, 0.6) is 0 Å². The van der Waals surface area contributed by atoms with E-state index >= 15 is 0 Å². The topological polar surface area (TPSA) is 79.1 Å². The maximum atomic E-state index is 10.6. The van der Waals surface area contributed by atoms with E-state index in [1.165, 1.54) is 0 Å². The number of H-pyrrole nitrogens is 1. The molecule has 0 saturated heterocycles. The van der Waals surface area contributed by atoms with Crippen LogP contribution in [0, 0.1) is 0 Å². The Morgan fingerprint density at radius 1 is 1.43 bits per heavy atom. The van der Waals surface area contributed by atoms with E-state index in [4.69, 9.17) is 10.8 Å². The maximum Gasteiger partial charge on any atom is 0.325 e. The number of fused-ring (bicyclic) bond motifs is 1. The van der Waals surface area contributed by atoms with Gasteiger partial charge in [-0.3, -0.25) is 4.79 Å². The fraction of sp³-hybridized carbons (Fsp3) is 0.100. The van der Waals surface area contributed by atoms with Gasteiger partial charge >= 0.3 is 5.97 Å². The molecule has 0 radical (unpaired) electrons. The molecule has 0 amide bonds. The molecular weight excluding hydrogens is 180 g/mol. The molecule has 1 atom stereocenters. The first kappa shape index (κ1) is 8.77. The molecule has 14 heavy (non-hydrogen) atoms. The summed E-state index contributed by atoms with van der Waals surface area (Å²) >= 11 is 0. The van der Waals surface area contributed by atoms with Gasteiger partial charge in [-0.2, -0.15) is 0 Å². The predicted molar refractivity (Wildman–Crippen MR) is 52.9 cm³/mol. The van der Waals surface area contributed by atoms with Crippen molar-refractivity contribution in [1.82, 2.24) is 4.98 Å². The van der Waals surface area contributed by atoms with Gasteiger partial charge in [-0.25, -0.2) is 0 Å². The summed E-state index contributed by atoms with van der Waals surface area (Å²) in [6, 6.07) is 6.26. The van der Waals surface area contributed by atoms with Crippen molar-refractivity contribution >= 4 is 16.9 Å². The summed E-state index contributed by atoms with van der Waals surface area (Å²) in [4.78, 5) is 13.7. The van der Waals surface area contributed by atoms with Gasteiger partial charge in [-0.05, 0) is 29.1 Å². The quantitative estimate of drug-likeness (QED) is 0.666. The lowest BCUT2D eigenvalue weighted by Crippen LogP contribution is -2.20. The molecule has 1 aromatic carbocycles. The van der Waals surface area contributed by atoms with Crippen LogP contribution in [0.25, 0.3) is 10.9 Å². The Labute approximate surface area is 80.3 Å². The zero-order valence-corrected chi connectivity index (χ0v) is 7.40. The zero-order chi connectivity index (χ0) is 10.1. The van der Waals surface area contributed by atoms with Crippen LogP contribution in [0.2, 0.25) is 0 Å². The Kier molecular flexibility index (Phi) is 1.98. The lowest BCUT2D eigenvalue weighted by Gasteiger charge is -2.05. The number of rotatable bonds is 2. The third kappa shape index (κ3) is 1.36. The van der Waals surface area contributed by atoms with Gasteiger partial charge in [0.2, 0.25) is 0 Å². The normalized spacial score (nSPS) is 12.9. The van der Waals surface area contributed by atoms with Gasteiger partial charge in [0, 0.05) is 11.7 Å². The van der Waals surface area contributed by atoms with Crippen LogP contribution in [0.1, 0.15) is 11.6 Å². The van der Waals surface area contributed by atoms with Gasteiger partial charge < -0.3 is 15.8 Å². The number of nitrogens with two attached hydrogens (primary N) is 1. The van der Waals surface area contributed by atoms with E-state index in [1.807, 2.05) is 12.1 Å². The summed E-state index contributed by atoms with van der Waals surface area (Å²) < 4.78 is 0. The second kappa shape index (κ2) is 3.16. The summed E-state index contributed by atoms with van der Waals surface area (Å²) in [6.45, 7) is 0. The molecule has 4 heteroatoms. The van der Waals surface area contributed by atoms with Crippen molar-refractivity contribution in [2.75, 3.05) is 0 Å². The highest BCUT2D eigenvalue weighted by molar-refractivity contribution is 5.83. The number of nitrogens with one attached hydrogen (secondary N) is 1. The van der Waals surface area contributed by atoms with Crippen LogP contribution < -0.4 is 5.73 Å². The molecule has 0 aliphatic heterocycles. The molecule has 0 fully saturated rings. The van der Waals surface area contributed by atoms with Crippen molar-refractivity contribution in [2.24, 2.45) is 5.73 Å². The van der Waals surface area contributed by atoms with Crippen LogP contribution in [0.3, 0.4) is 0 Å². The second-order valence-corrected chi connectivity index (χ2v) is 3.14. The van der Waals surface area contributed by atoms with Crippen molar-refractivity contribution in [1.29, 1.82) is 0 Å². The summed E-state index contributed by atoms with van der Waals surface area (Å²) in [5.41, 5.74) is 7.08. The van der Waals surface area contributed by atoms with Crippen molar-refractivity contribution in [3.05, 3.63) is 36.0 Å². The van der Waals surface area contributed by atoms with Crippen molar-refractivity contribution in [3.8, 4) is 0 Å². The molecule has 2 aromatic rings. The molecule has 4 N–H and O–H groups in total. The molecule has 0 aliphatic carbocycles. The number of carboxylic acid groups (broad SMARTS) is 1. The van der Waals surface area contributed by atoms with Crippen molar-refractivity contribution < 1.29 is 9.90 Å². The highest BCUT2D eigenvalue weighted by Gasteiger charge is 2.14. The Balaban J connectivity index is 2.48. The van der Waals surface area contributed by atoms with Gasteiger partial charge in [0.1, 0.15) is 6.04 Å². The van der Waals surface area contributed by atoms with Crippen LogP contribution in [-0.4, -0.2) is 16.1 Å². The van der Waals surface area contributed by atoms with E-state index < -0.39 is 12.0 Å². The van der Waals surface area contributed by atoms with E-state index in [0.717, 1.165) is 10.9 Å². The van der Waals surface area contributed by atoms with Crippen molar-refractivity contribution in [3.63, 3.8) is 0 Å². The first-order valence-corrected chi connectivity index (χ1v) is 4.24. The predicted octanol–water partition coefficient (Wildman–Crippen LogP) is 1.25. The Hall–Kier alpha value is -1.81. The van der Waals surface area contributed by atoms with Gasteiger partial charge in [0.15, 0.2) is 0 Å². The molecule has 0 bridgehead atoms. The highest BCUT2D eigenvalue weighted by atomic mass is 16.4. The molecule has 0 aliphatic rings.